The topological polar surface area (TPSA) is 210 Å². The zero-order valence-electron chi connectivity index (χ0n) is 35.2. The van der Waals surface area contributed by atoms with Crippen LogP contribution in [0.25, 0.3) is 0 Å². The van der Waals surface area contributed by atoms with Crippen molar-refractivity contribution in [2.75, 3.05) is 44.8 Å². The van der Waals surface area contributed by atoms with Crippen LogP contribution < -0.4 is 15.2 Å². The molecule has 344 valence electrons. The van der Waals surface area contributed by atoms with Crippen molar-refractivity contribution in [1.29, 1.82) is 0 Å². The molecule has 0 aliphatic carbocycles. The smallest absolute Gasteiger partial charge is 0.411 e. The van der Waals surface area contributed by atoms with Gasteiger partial charge in [0.1, 0.15) is 42.5 Å². The van der Waals surface area contributed by atoms with E-state index in [4.69, 9.17) is 63.6 Å². The molecule has 64 heavy (non-hydrogen) atoms. The summed E-state index contributed by atoms with van der Waals surface area (Å²) in [5.41, 5.74) is 1.24. The Labute approximate surface area is 386 Å². The zero-order valence-corrected chi connectivity index (χ0v) is 38.3. The zero-order chi connectivity index (χ0) is 46.9. The Balaban J connectivity index is 1.75. The lowest BCUT2D eigenvalue weighted by atomic mass is 10.0. The molecule has 4 aromatic carbocycles. The van der Waals surface area contributed by atoms with Gasteiger partial charge in [-0.05, 0) is 69.0 Å². The summed E-state index contributed by atoms with van der Waals surface area (Å²) < 4.78 is 51.2. The summed E-state index contributed by atoms with van der Waals surface area (Å²) in [6, 6.07) is 25.3. The van der Waals surface area contributed by atoms with Crippen LogP contribution >= 0.6 is 34.8 Å². The highest BCUT2D eigenvalue weighted by Crippen LogP contribution is 2.37. The van der Waals surface area contributed by atoms with Gasteiger partial charge in [0.25, 0.3) is 0 Å². The fraction of sp³-hybridized carbons (Fsp3) is 0.341. The molecular formula is C44H49Cl3N4O12S. The molecule has 0 aliphatic rings. The molecule has 0 aromatic heterocycles. The van der Waals surface area contributed by atoms with E-state index in [1.807, 2.05) is 18.2 Å². The number of nitrogens with one attached hydrogen (secondary N) is 1. The fourth-order valence-electron chi connectivity index (χ4n) is 6.23. The molecule has 2 amide bonds. The van der Waals surface area contributed by atoms with Crippen molar-refractivity contribution in [3.63, 3.8) is 0 Å². The first-order valence-electron chi connectivity index (χ1n) is 20.0. The third kappa shape index (κ3) is 15.9. The second-order valence-corrected chi connectivity index (χ2v) is 18.0. The van der Waals surface area contributed by atoms with Crippen molar-refractivity contribution in [2.24, 2.45) is 5.14 Å². The number of nitrogens with zero attached hydrogens (tertiary/aromatic N) is 2. The summed E-state index contributed by atoms with van der Waals surface area (Å²) in [7, 11) is -4.54. The van der Waals surface area contributed by atoms with Gasteiger partial charge in [-0.15, -0.1) is 0 Å². The Morgan fingerprint density at radius 3 is 1.97 bits per heavy atom. The lowest BCUT2D eigenvalue weighted by Crippen LogP contribution is -2.57. The van der Waals surface area contributed by atoms with Crippen LogP contribution in [-0.4, -0.2) is 103 Å². The van der Waals surface area contributed by atoms with Crippen molar-refractivity contribution in [1.82, 2.24) is 9.80 Å². The summed E-state index contributed by atoms with van der Waals surface area (Å²) in [5, 5.41) is 8.63. The number of esters is 3. The van der Waals surface area contributed by atoms with Crippen LogP contribution in [0.4, 0.5) is 10.5 Å². The Morgan fingerprint density at radius 1 is 0.797 bits per heavy atom. The minimum Gasteiger partial charge on any atom is -0.464 e. The lowest BCUT2D eigenvalue weighted by Gasteiger charge is -2.36. The van der Waals surface area contributed by atoms with Crippen molar-refractivity contribution >= 4 is 80.4 Å². The molecule has 0 aliphatic heterocycles. The number of alkyl halides is 3. The monoisotopic (exact) mass is 962 g/mol. The fourth-order valence-corrected chi connectivity index (χ4v) is 7.10. The van der Waals surface area contributed by atoms with Crippen molar-refractivity contribution in [3.05, 3.63) is 120 Å². The number of hydrogen-bond donors (Lipinski definition) is 2. The minimum absolute atomic E-state index is 0.0253. The van der Waals surface area contributed by atoms with Gasteiger partial charge < -0.3 is 33.9 Å². The van der Waals surface area contributed by atoms with Crippen molar-refractivity contribution < 1.29 is 56.1 Å². The molecule has 0 fully saturated rings. The first kappa shape index (κ1) is 51.0. The molecule has 0 saturated heterocycles. The SMILES string of the molecule is CCOC(=O)c1cc(NCCN(CC(=O)OCc2ccccc2)C(=O)[C@H](C)N(C(=O)OCC(Cl)(Cl)Cl)[C@@H](CCc2ccccc2)C(=O)OCC)c(Oc2ccccc2)c(S(N)(=O)=O)c1. The number of carbonyl (C=O) groups excluding carboxylic acids is 5. The molecule has 0 radical (unpaired) electrons. The van der Waals surface area contributed by atoms with Gasteiger partial charge in [-0.25, -0.2) is 27.9 Å². The van der Waals surface area contributed by atoms with E-state index < -0.39 is 73.9 Å². The van der Waals surface area contributed by atoms with Crippen molar-refractivity contribution in [3.8, 4) is 11.5 Å². The molecule has 3 N–H and O–H groups in total. The number of halogens is 3. The summed E-state index contributed by atoms with van der Waals surface area (Å²) in [6.07, 6.45) is -0.966. The van der Waals surface area contributed by atoms with E-state index >= 15 is 0 Å². The molecule has 2 atom stereocenters. The van der Waals surface area contributed by atoms with Crippen LogP contribution in [-0.2, 0) is 56.4 Å². The molecule has 20 heteroatoms. The number of benzene rings is 4. The molecule has 0 spiro atoms. The van der Waals surface area contributed by atoms with Gasteiger partial charge in [0.2, 0.25) is 19.7 Å². The van der Waals surface area contributed by atoms with Gasteiger partial charge in [-0.3, -0.25) is 14.5 Å². The standard InChI is InChI=1S/C44H49Cl3N4O12S/c1-4-59-41(54)33-25-35(39(37(26-33)64(48,57)58)63-34-19-13-8-14-20-34)49-23-24-50(27-38(52)61-28-32-17-11-7-12-18-32)40(53)30(3)51(43(56)62-29-44(45,46)47)36(42(55)60-5-2)22-21-31-15-9-6-10-16-31/h6-20,25-26,30,36,49H,4-5,21-24,27-29H2,1-3H3,(H2,48,57,58)/t30-,36-/m0/s1. The molecule has 0 bridgehead atoms. The number of sulfonamides is 1. The molecule has 0 heterocycles. The number of para-hydroxylation sites is 1. The predicted molar refractivity (Wildman–Crippen MR) is 240 cm³/mol. The average molecular weight is 964 g/mol. The van der Waals surface area contributed by atoms with E-state index in [-0.39, 0.29) is 68.5 Å². The van der Waals surface area contributed by atoms with E-state index in [2.05, 4.69) is 5.32 Å². The number of aryl methyl sites for hydroxylation is 1. The average Bonchev–Trinajstić information content (AvgIpc) is 3.26. The lowest BCUT2D eigenvalue weighted by molar-refractivity contribution is -0.155. The Bertz CT molecular complexity index is 2310. The van der Waals surface area contributed by atoms with E-state index in [9.17, 15) is 32.4 Å². The highest BCUT2D eigenvalue weighted by molar-refractivity contribution is 7.89. The number of rotatable bonds is 22. The Hall–Kier alpha value is -5.59. The van der Waals surface area contributed by atoms with E-state index in [1.54, 1.807) is 86.6 Å². The number of carbonyl (C=O) groups is 5. The predicted octanol–water partition coefficient (Wildman–Crippen LogP) is 7.05. The maximum Gasteiger partial charge on any atom is 0.411 e. The third-order valence-corrected chi connectivity index (χ3v) is 10.4. The first-order valence-corrected chi connectivity index (χ1v) is 22.6. The number of amides is 2. The van der Waals surface area contributed by atoms with Crippen LogP contribution in [0.5, 0.6) is 11.5 Å². The second kappa shape index (κ2) is 24.5. The highest BCUT2D eigenvalue weighted by Gasteiger charge is 2.41. The summed E-state index contributed by atoms with van der Waals surface area (Å²) in [5.74, 6) is -3.47. The van der Waals surface area contributed by atoms with E-state index in [0.717, 1.165) is 21.4 Å². The molecular weight excluding hydrogens is 915 g/mol. The van der Waals surface area contributed by atoms with Gasteiger partial charge in [0.05, 0.1) is 24.5 Å². The van der Waals surface area contributed by atoms with Crippen LogP contribution in [0.2, 0.25) is 0 Å². The number of ether oxygens (including phenoxy) is 5. The largest absolute Gasteiger partial charge is 0.464 e. The summed E-state index contributed by atoms with van der Waals surface area (Å²) >= 11 is 17.7. The van der Waals surface area contributed by atoms with E-state index in [1.165, 1.54) is 13.0 Å². The Morgan fingerprint density at radius 2 is 1.39 bits per heavy atom. The number of primary sulfonamides is 1. The molecule has 4 aromatic rings. The van der Waals surface area contributed by atoms with Crippen molar-refractivity contribution in [2.45, 2.75) is 61.0 Å². The van der Waals surface area contributed by atoms with E-state index in [0.29, 0.717) is 5.56 Å². The van der Waals surface area contributed by atoms with Crippen LogP contribution in [0.15, 0.2) is 108 Å². The third-order valence-electron chi connectivity index (χ3n) is 9.20. The summed E-state index contributed by atoms with van der Waals surface area (Å²) in [6.45, 7) is 2.28. The minimum atomic E-state index is -4.54. The van der Waals surface area contributed by atoms with Gasteiger partial charge in [0.15, 0.2) is 5.75 Å². The molecule has 4 rings (SSSR count). The molecule has 0 saturated carbocycles. The normalized spacial score (nSPS) is 12.2. The quantitative estimate of drug-likeness (QED) is 0.0460. The number of nitrogens with two attached hydrogens (primary N) is 1. The summed E-state index contributed by atoms with van der Waals surface area (Å²) in [4.78, 5) is 70.2. The second-order valence-electron chi connectivity index (χ2n) is 13.9. The van der Waals surface area contributed by atoms with Crippen LogP contribution in [0, 0.1) is 0 Å². The van der Waals surface area contributed by atoms with Crippen LogP contribution in [0.1, 0.15) is 48.7 Å². The van der Waals surface area contributed by atoms with Gasteiger partial charge in [-0.1, -0.05) is 114 Å². The highest BCUT2D eigenvalue weighted by atomic mass is 35.6. The maximum atomic E-state index is 14.7. The number of hydrogen-bond acceptors (Lipinski definition) is 13. The maximum absolute atomic E-state index is 14.7. The first-order chi connectivity index (χ1) is 30.4. The Kier molecular flexibility index (Phi) is 19.5. The van der Waals surface area contributed by atoms with Gasteiger partial charge in [0, 0.05) is 13.1 Å². The van der Waals surface area contributed by atoms with Gasteiger partial charge in [-0.2, -0.15) is 0 Å². The molecule has 16 nitrogen and oxygen atoms in total. The van der Waals surface area contributed by atoms with Gasteiger partial charge >= 0.3 is 24.0 Å². The molecule has 0 unspecified atom stereocenters. The van der Waals surface area contributed by atoms with Crippen LogP contribution in [0.3, 0.4) is 0 Å². The number of anilines is 1.